The molecule has 0 aliphatic carbocycles. The Morgan fingerprint density at radius 1 is 1.50 bits per heavy atom. The maximum absolute atomic E-state index is 11.3. The summed E-state index contributed by atoms with van der Waals surface area (Å²) in [7, 11) is 0. The molecule has 0 unspecified atom stereocenters. The Labute approximate surface area is 106 Å². The number of nitrogens with one attached hydrogen (secondary N) is 1. The highest BCUT2D eigenvalue weighted by molar-refractivity contribution is 14.1. The maximum Gasteiger partial charge on any atom is 0.264 e. The Kier molecular flexibility index (Phi) is 3.03. The van der Waals surface area contributed by atoms with E-state index in [2.05, 4.69) is 25.9 Å². The third kappa shape index (κ3) is 2.06. The molecule has 0 saturated carbocycles. The van der Waals surface area contributed by atoms with Crippen LogP contribution in [0.1, 0.15) is 0 Å². The van der Waals surface area contributed by atoms with Crippen LogP contribution in [-0.2, 0) is 0 Å². The third-order valence-corrected chi connectivity index (χ3v) is 3.96. The molecule has 0 radical (unpaired) electrons. The number of hydrogen-bond donors (Lipinski definition) is 1. The van der Waals surface area contributed by atoms with E-state index in [4.69, 9.17) is 0 Å². The fourth-order valence-corrected chi connectivity index (χ4v) is 2.56. The Hall–Kier alpha value is -0.210. The Bertz CT molecular complexity index is 522. The van der Waals surface area contributed by atoms with Gasteiger partial charge in [-0.15, -0.1) is 11.3 Å². The van der Waals surface area contributed by atoms with Gasteiger partial charge >= 0.3 is 0 Å². The van der Waals surface area contributed by atoms with Gasteiger partial charge in [0.05, 0.1) is 12.2 Å². The van der Waals surface area contributed by atoms with Gasteiger partial charge in [-0.25, -0.2) is 4.98 Å². The second-order valence-corrected chi connectivity index (χ2v) is 6.14. The predicted molar refractivity (Wildman–Crippen MR) is 68.6 cm³/mol. The minimum atomic E-state index is -0.0971. The van der Waals surface area contributed by atoms with Crippen molar-refractivity contribution in [1.29, 1.82) is 0 Å². The topological polar surface area (TPSA) is 45.8 Å². The van der Waals surface area contributed by atoms with Crippen molar-refractivity contribution in [2.24, 2.45) is 0 Å². The average molecular weight is 383 g/mol. The van der Waals surface area contributed by atoms with Crippen molar-refractivity contribution in [3.8, 4) is 10.7 Å². The summed E-state index contributed by atoms with van der Waals surface area (Å²) in [4.78, 5) is 19.1. The number of thiophene rings is 1. The monoisotopic (exact) mass is 382 g/mol. The molecule has 2 heterocycles. The molecule has 0 aliphatic rings. The third-order valence-electron chi connectivity index (χ3n) is 1.56. The molecule has 0 fully saturated rings. The van der Waals surface area contributed by atoms with Crippen molar-refractivity contribution < 1.29 is 0 Å². The van der Waals surface area contributed by atoms with Gasteiger partial charge in [0.2, 0.25) is 0 Å². The van der Waals surface area contributed by atoms with Gasteiger partial charge in [-0.2, -0.15) is 0 Å². The van der Waals surface area contributed by atoms with Crippen molar-refractivity contribution in [1.82, 2.24) is 9.97 Å². The van der Waals surface area contributed by atoms with E-state index >= 15 is 0 Å². The van der Waals surface area contributed by atoms with E-state index in [1.165, 1.54) is 11.3 Å². The highest BCUT2D eigenvalue weighted by Crippen LogP contribution is 2.28. The largest absolute Gasteiger partial charge is 0.305 e. The lowest BCUT2D eigenvalue weighted by Crippen LogP contribution is -2.10. The van der Waals surface area contributed by atoms with Crippen LogP contribution in [0.4, 0.5) is 0 Å². The van der Waals surface area contributed by atoms with Crippen LogP contribution in [-0.4, -0.2) is 9.97 Å². The lowest BCUT2D eigenvalue weighted by Gasteiger charge is -1.95. The zero-order valence-corrected chi connectivity index (χ0v) is 11.3. The molecule has 6 heteroatoms. The number of nitrogens with zero attached hydrogens (tertiary/aromatic N) is 1. The fourth-order valence-electron chi connectivity index (χ4n) is 0.946. The summed E-state index contributed by atoms with van der Waals surface area (Å²) in [5.41, 5.74) is -0.0971. The van der Waals surface area contributed by atoms with Gasteiger partial charge in [0, 0.05) is 6.20 Å². The molecule has 0 amide bonds. The number of rotatable bonds is 1. The van der Waals surface area contributed by atoms with Crippen molar-refractivity contribution in [2.75, 3.05) is 0 Å². The Balaban J connectivity index is 2.53. The zero-order chi connectivity index (χ0) is 10.1. The van der Waals surface area contributed by atoms with Crippen molar-refractivity contribution in [3.63, 3.8) is 0 Å². The van der Waals surface area contributed by atoms with Crippen molar-refractivity contribution in [3.05, 3.63) is 36.0 Å². The van der Waals surface area contributed by atoms with E-state index in [1.54, 1.807) is 6.20 Å². The molecule has 3 nitrogen and oxygen atoms in total. The molecular weight excluding hydrogens is 379 g/mol. The van der Waals surface area contributed by atoms with Crippen LogP contribution in [0.2, 0.25) is 0 Å². The van der Waals surface area contributed by atoms with E-state index in [-0.39, 0.29) is 5.56 Å². The summed E-state index contributed by atoms with van der Waals surface area (Å²) < 4.78 is 1.62. The minimum absolute atomic E-state index is 0.0971. The van der Waals surface area contributed by atoms with E-state index < -0.39 is 0 Å². The van der Waals surface area contributed by atoms with Gasteiger partial charge in [0.15, 0.2) is 0 Å². The summed E-state index contributed by atoms with van der Waals surface area (Å²) in [6, 6.07) is 3.85. The molecule has 0 atom stereocenters. The molecule has 2 rings (SSSR count). The fraction of sp³-hybridized carbons (Fsp3) is 0. The van der Waals surface area contributed by atoms with Gasteiger partial charge in [-0.1, -0.05) is 0 Å². The van der Waals surface area contributed by atoms with Gasteiger partial charge in [0.25, 0.3) is 5.56 Å². The van der Waals surface area contributed by atoms with E-state index in [0.29, 0.717) is 9.39 Å². The van der Waals surface area contributed by atoms with Gasteiger partial charge in [0.1, 0.15) is 5.82 Å². The van der Waals surface area contributed by atoms with Crippen LogP contribution in [0.25, 0.3) is 10.7 Å². The molecule has 0 aromatic carbocycles. The lowest BCUT2D eigenvalue weighted by molar-refractivity contribution is 1.11. The van der Waals surface area contributed by atoms with E-state index in [1.807, 2.05) is 34.7 Å². The standard InChI is InChI=1S/C8H4BrIN2OS/c9-6-2-1-5(14-6)7-11-3-4(10)8(13)12-7/h1-3H,(H,11,12,13). The first kappa shape index (κ1) is 10.3. The average Bonchev–Trinajstić information content (AvgIpc) is 2.57. The van der Waals surface area contributed by atoms with Crippen LogP contribution in [0, 0.1) is 3.57 Å². The summed E-state index contributed by atoms with van der Waals surface area (Å²) in [6.07, 6.45) is 1.57. The summed E-state index contributed by atoms with van der Waals surface area (Å²) in [5, 5.41) is 0. The van der Waals surface area contributed by atoms with Gasteiger partial charge in [-0.3, -0.25) is 4.79 Å². The molecule has 0 saturated heterocycles. The Morgan fingerprint density at radius 3 is 2.86 bits per heavy atom. The number of halogens is 2. The quantitative estimate of drug-likeness (QED) is 0.771. The first-order chi connectivity index (χ1) is 6.66. The number of H-pyrrole nitrogens is 1. The molecule has 72 valence electrons. The van der Waals surface area contributed by atoms with E-state index in [9.17, 15) is 4.79 Å². The smallest absolute Gasteiger partial charge is 0.264 e. The maximum atomic E-state index is 11.3. The SMILES string of the molecule is O=c1[nH]c(-c2ccc(Br)s2)ncc1I. The molecule has 0 bridgehead atoms. The Morgan fingerprint density at radius 2 is 2.29 bits per heavy atom. The van der Waals surface area contributed by atoms with E-state index in [0.717, 1.165) is 8.66 Å². The molecule has 2 aromatic heterocycles. The molecule has 2 aromatic rings. The first-order valence-corrected chi connectivity index (χ1v) is 6.36. The first-order valence-electron chi connectivity index (χ1n) is 3.67. The van der Waals surface area contributed by atoms with Crippen LogP contribution < -0.4 is 5.56 Å². The normalized spacial score (nSPS) is 10.4. The molecular formula is C8H4BrIN2OS. The van der Waals surface area contributed by atoms with Crippen LogP contribution >= 0.6 is 49.9 Å². The van der Waals surface area contributed by atoms with Crippen LogP contribution in [0.5, 0.6) is 0 Å². The number of aromatic nitrogens is 2. The summed E-state index contributed by atoms with van der Waals surface area (Å²) in [6.45, 7) is 0. The second kappa shape index (κ2) is 4.11. The second-order valence-electron chi connectivity index (χ2n) is 2.51. The highest BCUT2D eigenvalue weighted by Gasteiger charge is 2.04. The highest BCUT2D eigenvalue weighted by atomic mass is 127. The zero-order valence-electron chi connectivity index (χ0n) is 6.75. The number of aromatic amines is 1. The number of hydrogen-bond acceptors (Lipinski definition) is 3. The lowest BCUT2D eigenvalue weighted by atomic mass is 10.4. The summed E-state index contributed by atoms with van der Waals surface area (Å²) in [5.74, 6) is 0.617. The predicted octanol–water partition coefficient (Wildman–Crippen LogP) is 2.87. The minimum Gasteiger partial charge on any atom is -0.305 e. The molecule has 0 aliphatic heterocycles. The molecule has 14 heavy (non-hydrogen) atoms. The van der Waals surface area contributed by atoms with Crippen LogP contribution in [0.15, 0.2) is 26.9 Å². The summed E-state index contributed by atoms with van der Waals surface area (Å²) >= 11 is 6.85. The van der Waals surface area contributed by atoms with Crippen molar-refractivity contribution in [2.45, 2.75) is 0 Å². The van der Waals surface area contributed by atoms with Crippen molar-refractivity contribution >= 4 is 49.9 Å². The molecule has 1 N–H and O–H groups in total. The molecule has 0 spiro atoms. The van der Waals surface area contributed by atoms with Gasteiger partial charge < -0.3 is 4.98 Å². The van der Waals surface area contributed by atoms with Gasteiger partial charge in [-0.05, 0) is 50.7 Å². The van der Waals surface area contributed by atoms with Crippen LogP contribution in [0.3, 0.4) is 0 Å².